The van der Waals surface area contributed by atoms with Gasteiger partial charge in [-0.1, -0.05) is 42.5 Å². The van der Waals surface area contributed by atoms with Crippen LogP contribution in [0.5, 0.6) is 0 Å². The Morgan fingerprint density at radius 2 is 2.04 bits per heavy atom. The Morgan fingerprint density at radius 1 is 1.20 bits per heavy atom. The number of pyridine rings is 1. The van der Waals surface area contributed by atoms with E-state index in [2.05, 4.69) is 23.2 Å². The summed E-state index contributed by atoms with van der Waals surface area (Å²) in [7, 11) is 0. The first-order valence-electron chi connectivity index (χ1n) is 8.83. The number of ether oxygens (including phenoxy) is 1. The van der Waals surface area contributed by atoms with Gasteiger partial charge in [-0.15, -0.1) is 0 Å². The van der Waals surface area contributed by atoms with Gasteiger partial charge in [-0.2, -0.15) is 0 Å². The molecule has 1 amide bonds. The van der Waals surface area contributed by atoms with E-state index in [4.69, 9.17) is 4.74 Å². The first-order valence-corrected chi connectivity index (χ1v) is 8.83. The molecule has 2 bridgehead atoms. The van der Waals surface area contributed by atoms with Crippen molar-refractivity contribution in [1.29, 1.82) is 0 Å². The van der Waals surface area contributed by atoms with Crippen molar-refractivity contribution in [3.05, 3.63) is 71.6 Å². The molecule has 0 N–H and O–H groups in total. The fraction of sp³-hybridized carbons (Fsp3) is 0.333. The molecule has 0 radical (unpaired) electrons. The summed E-state index contributed by atoms with van der Waals surface area (Å²) in [5.74, 6) is 0. The average molecular weight is 334 g/mol. The molecule has 4 nitrogen and oxygen atoms in total. The third kappa shape index (κ3) is 3.29. The van der Waals surface area contributed by atoms with Crippen LogP contribution < -0.4 is 0 Å². The highest BCUT2D eigenvalue weighted by atomic mass is 16.6. The molecule has 2 aliphatic rings. The summed E-state index contributed by atoms with van der Waals surface area (Å²) in [5, 5.41) is 0. The van der Waals surface area contributed by atoms with Gasteiger partial charge in [0.25, 0.3) is 0 Å². The maximum absolute atomic E-state index is 12.6. The molecule has 0 spiro atoms. The second kappa shape index (κ2) is 6.71. The van der Waals surface area contributed by atoms with E-state index in [1.54, 1.807) is 0 Å². The van der Waals surface area contributed by atoms with Crippen LogP contribution in [0.3, 0.4) is 0 Å². The van der Waals surface area contributed by atoms with Crippen molar-refractivity contribution >= 4 is 11.7 Å². The first-order chi connectivity index (χ1) is 12.2. The standard InChI is InChI=1S/C21H22N2O2/c1-15-7-10-20(22-13-15)17-11-18-8-9-19(12-17)23(18)21(24)25-14-16-5-3-2-4-6-16/h2-7,10-11,13,18-19H,8-9,12,14H2,1H3. The topological polar surface area (TPSA) is 42.4 Å². The van der Waals surface area contributed by atoms with Gasteiger partial charge < -0.3 is 4.74 Å². The molecular weight excluding hydrogens is 312 g/mol. The van der Waals surface area contributed by atoms with E-state index in [1.165, 1.54) is 5.57 Å². The Kier molecular flexibility index (Phi) is 4.26. The lowest BCUT2D eigenvalue weighted by atomic mass is 9.98. The van der Waals surface area contributed by atoms with Crippen molar-refractivity contribution in [1.82, 2.24) is 9.88 Å². The van der Waals surface area contributed by atoms with Crippen molar-refractivity contribution < 1.29 is 9.53 Å². The quantitative estimate of drug-likeness (QED) is 0.838. The molecule has 4 rings (SSSR count). The van der Waals surface area contributed by atoms with Gasteiger partial charge in [0.05, 0.1) is 11.7 Å². The second-order valence-electron chi connectivity index (χ2n) is 6.86. The number of fused-ring (bicyclic) bond motifs is 2. The number of amides is 1. The predicted molar refractivity (Wildman–Crippen MR) is 96.8 cm³/mol. The van der Waals surface area contributed by atoms with Crippen LogP contribution in [0.1, 0.15) is 36.1 Å². The third-order valence-corrected chi connectivity index (χ3v) is 5.05. The molecule has 2 aliphatic heterocycles. The largest absolute Gasteiger partial charge is 0.445 e. The molecule has 0 saturated carbocycles. The summed E-state index contributed by atoms with van der Waals surface area (Å²) in [6.07, 6.45) is 6.78. The molecule has 1 aromatic carbocycles. The molecule has 2 atom stereocenters. The predicted octanol–water partition coefficient (Wildman–Crippen LogP) is 4.35. The van der Waals surface area contributed by atoms with E-state index >= 15 is 0 Å². The Hall–Kier alpha value is -2.62. The summed E-state index contributed by atoms with van der Waals surface area (Å²) in [6, 6.07) is 14.3. The van der Waals surface area contributed by atoms with Crippen LogP contribution in [0.15, 0.2) is 54.7 Å². The lowest BCUT2D eigenvalue weighted by molar-refractivity contribution is 0.0832. The van der Waals surface area contributed by atoms with Crippen LogP contribution in [-0.2, 0) is 11.3 Å². The number of rotatable bonds is 3. The molecule has 2 unspecified atom stereocenters. The van der Waals surface area contributed by atoms with Crippen molar-refractivity contribution in [2.24, 2.45) is 0 Å². The number of benzene rings is 1. The van der Waals surface area contributed by atoms with Gasteiger partial charge in [-0.05, 0) is 49.0 Å². The summed E-state index contributed by atoms with van der Waals surface area (Å²) < 4.78 is 5.55. The number of hydrogen-bond donors (Lipinski definition) is 0. The average Bonchev–Trinajstić information content (AvgIpc) is 2.91. The van der Waals surface area contributed by atoms with E-state index in [9.17, 15) is 4.79 Å². The molecule has 1 saturated heterocycles. The van der Waals surface area contributed by atoms with Crippen LogP contribution in [0.4, 0.5) is 4.79 Å². The van der Waals surface area contributed by atoms with Gasteiger partial charge in [0.15, 0.2) is 0 Å². The number of nitrogens with zero attached hydrogens (tertiary/aromatic N) is 2. The SMILES string of the molecule is Cc1ccc(C2=CC3CCC(C2)N3C(=O)OCc2ccccc2)nc1. The Balaban J connectivity index is 1.46. The van der Waals surface area contributed by atoms with Crippen molar-refractivity contribution in [3.8, 4) is 0 Å². The van der Waals surface area contributed by atoms with Crippen molar-refractivity contribution in [3.63, 3.8) is 0 Å². The van der Waals surface area contributed by atoms with Crippen molar-refractivity contribution in [2.45, 2.75) is 44.9 Å². The summed E-state index contributed by atoms with van der Waals surface area (Å²) >= 11 is 0. The number of aromatic nitrogens is 1. The second-order valence-corrected chi connectivity index (χ2v) is 6.86. The number of hydrogen-bond acceptors (Lipinski definition) is 3. The van der Waals surface area contributed by atoms with Crippen molar-refractivity contribution in [2.75, 3.05) is 0 Å². The molecular formula is C21H22N2O2. The van der Waals surface area contributed by atoms with Crippen LogP contribution in [0, 0.1) is 6.92 Å². The minimum Gasteiger partial charge on any atom is -0.445 e. The van der Waals surface area contributed by atoms with Gasteiger partial charge in [-0.25, -0.2) is 4.79 Å². The lowest BCUT2D eigenvalue weighted by Gasteiger charge is -2.33. The molecule has 1 aromatic heterocycles. The van der Waals surface area contributed by atoms with Crippen LogP contribution >= 0.6 is 0 Å². The van der Waals surface area contributed by atoms with E-state index < -0.39 is 0 Å². The fourth-order valence-corrected chi connectivity index (χ4v) is 3.76. The highest BCUT2D eigenvalue weighted by Gasteiger charge is 2.40. The Morgan fingerprint density at radius 3 is 2.76 bits per heavy atom. The zero-order chi connectivity index (χ0) is 17.2. The molecule has 1 fully saturated rings. The van der Waals surface area contributed by atoms with E-state index in [1.807, 2.05) is 48.4 Å². The molecule has 128 valence electrons. The van der Waals surface area contributed by atoms with Crippen LogP contribution in [-0.4, -0.2) is 28.1 Å². The smallest absolute Gasteiger partial charge is 0.410 e. The normalized spacial score (nSPS) is 21.8. The maximum atomic E-state index is 12.6. The van der Waals surface area contributed by atoms with E-state index in [0.717, 1.165) is 36.1 Å². The zero-order valence-corrected chi connectivity index (χ0v) is 14.4. The number of carbonyl (C=O) groups excluding carboxylic acids is 1. The first kappa shape index (κ1) is 15.9. The fourth-order valence-electron chi connectivity index (χ4n) is 3.76. The molecule has 25 heavy (non-hydrogen) atoms. The summed E-state index contributed by atoms with van der Waals surface area (Å²) in [6.45, 7) is 2.37. The molecule has 2 aromatic rings. The molecule has 4 heteroatoms. The number of carbonyl (C=O) groups is 1. The minimum absolute atomic E-state index is 0.125. The molecule has 0 aliphatic carbocycles. The van der Waals surface area contributed by atoms with Gasteiger partial charge in [0, 0.05) is 12.2 Å². The van der Waals surface area contributed by atoms with Gasteiger partial charge in [-0.3, -0.25) is 9.88 Å². The maximum Gasteiger partial charge on any atom is 0.410 e. The number of aryl methyl sites for hydroxylation is 1. The summed E-state index contributed by atoms with van der Waals surface area (Å²) in [5.41, 5.74) is 4.45. The lowest BCUT2D eigenvalue weighted by Crippen LogP contribution is -2.43. The van der Waals surface area contributed by atoms with Crippen LogP contribution in [0.25, 0.3) is 5.57 Å². The highest BCUT2D eigenvalue weighted by Crippen LogP contribution is 2.38. The Bertz CT molecular complexity index is 783. The Labute approximate surface area is 148 Å². The van der Waals surface area contributed by atoms with E-state index in [0.29, 0.717) is 6.61 Å². The zero-order valence-electron chi connectivity index (χ0n) is 14.4. The molecule has 3 heterocycles. The van der Waals surface area contributed by atoms with Gasteiger partial charge >= 0.3 is 6.09 Å². The van der Waals surface area contributed by atoms with Gasteiger partial charge in [0.2, 0.25) is 0 Å². The monoisotopic (exact) mass is 334 g/mol. The van der Waals surface area contributed by atoms with Gasteiger partial charge in [0.1, 0.15) is 6.61 Å². The highest BCUT2D eigenvalue weighted by molar-refractivity contribution is 5.74. The minimum atomic E-state index is -0.205. The summed E-state index contributed by atoms with van der Waals surface area (Å²) in [4.78, 5) is 19.0. The van der Waals surface area contributed by atoms with Crippen LogP contribution in [0.2, 0.25) is 0 Å². The van der Waals surface area contributed by atoms with E-state index in [-0.39, 0.29) is 18.2 Å². The third-order valence-electron chi connectivity index (χ3n) is 5.05.